The van der Waals surface area contributed by atoms with E-state index in [1.165, 1.54) is 82.8 Å². The molecule has 93 heavy (non-hydrogen) atoms. The number of amides is 11. The molecule has 13 atom stereocenters. The van der Waals surface area contributed by atoms with Crippen LogP contribution in [0.2, 0.25) is 0 Å². The van der Waals surface area contributed by atoms with Crippen LogP contribution in [0.5, 0.6) is 0 Å². The summed E-state index contributed by atoms with van der Waals surface area (Å²) in [6.07, 6.45) is 5.48. The van der Waals surface area contributed by atoms with Crippen molar-refractivity contribution in [3.63, 3.8) is 0 Å². The highest BCUT2D eigenvalue weighted by Crippen LogP contribution is 2.26. The monoisotopic (exact) mass is 1310 g/mol. The Kier molecular flexibility index (Phi) is 36.4. The van der Waals surface area contributed by atoms with Crippen molar-refractivity contribution in [2.75, 3.05) is 82.1 Å². The number of allylic oxidation sites excluding steroid dienone is 2. The van der Waals surface area contributed by atoms with Crippen LogP contribution in [0.4, 0.5) is 0 Å². The van der Waals surface area contributed by atoms with Crippen molar-refractivity contribution < 1.29 is 62.6 Å². The Morgan fingerprint density at radius 3 is 1.46 bits per heavy atom. The smallest absolute Gasteiger partial charge is 0.246 e. The summed E-state index contributed by atoms with van der Waals surface area (Å²) < 4.78 is 6.22. The van der Waals surface area contributed by atoms with E-state index in [0.717, 1.165) is 27.8 Å². The van der Waals surface area contributed by atoms with E-state index in [2.05, 4.69) is 26.2 Å². The summed E-state index contributed by atoms with van der Waals surface area (Å²) in [7, 11) is 9.83. The zero-order valence-electron chi connectivity index (χ0n) is 61.2. The Balaban J connectivity index is 4.40. The predicted molar refractivity (Wildman–Crippen MR) is 361 cm³/mol. The Bertz CT molecular complexity index is 2540. The molecular weight excluding hydrogens is 1190 g/mol. The third kappa shape index (κ3) is 24.7. The van der Waals surface area contributed by atoms with Crippen molar-refractivity contribution in [1.29, 1.82) is 0 Å². The molecule has 1 heterocycles. The average Bonchev–Trinajstić information content (AvgIpc) is 0.835. The molecule has 0 aromatic carbocycles. The Labute approximate surface area is 557 Å². The van der Waals surface area contributed by atoms with Crippen LogP contribution in [-0.2, 0) is 57.5 Å². The standard InChI is InChI=1S/C68H122N12O13/c1-26-30-33-45(15)58(82)57-62(86)71-49(27-2)64(88)73(19)39-53(81)77(23)56(48(18)93-35-32-31-34-80(28-3)29-4)61(85)72-54(43(11)12)67(91)74(20)50(36-40(5)6)60(84)69-46(16)59(83)70-47(17)63(87)75(21)51(37-41(7)8)65(89)76(22)52(38-42(9)10)66(90)78(24)55(44(13)14)68(92)79(57)25/h26,30-32,40-52,54-58,82H,27-29,33-39H2,1-25H3,(H,69,84)(H,70,83)(H,71,86)(H,72,85)/t45-,46+,47-,48-,49+,50+,51+,52+,54+,55+,56+,57-,58-/m1/s1. The molecule has 1 fully saturated rings. The second-order valence-corrected chi connectivity index (χ2v) is 27.4. The van der Waals surface area contributed by atoms with Crippen LogP contribution < -0.4 is 21.3 Å². The summed E-state index contributed by atoms with van der Waals surface area (Å²) in [5.74, 6) is -10.1. The normalized spacial score (nSPS) is 26.1. The van der Waals surface area contributed by atoms with Crippen molar-refractivity contribution in [1.82, 2.24) is 60.5 Å². The molecule has 11 amide bonds. The van der Waals surface area contributed by atoms with Gasteiger partial charge in [-0.2, -0.15) is 0 Å². The fraction of sp³-hybridized carbons (Fsp3) is 0.779. The van der Waals surface area contributed by atoms with Gasteiger partial charge in [-0.25, -0.2) is 0 Å². The van der Waals surface area contributed by atoms with Crippen LogP contribution >= 0.6 is 0 Å². The van der Waals surface area contributed by atoms with E-state index < -0.39 is 162 Å². The summed E-state index contributed by atoms with van der Waals surface area (Å²) >= 11 is 0. The minimum atomic E-state index is -1.64. The van der Waals surface area contributed by atoms with E-state index in [1.54, 1.807) is 73.6 Å². The van der Waals surface area contributed by atoms with Gasteiger partial charge in [0.2, 0.25) is 65.0 Å². The molecule has 25 heteroatoms. The van der Waals surface area contributed by atoms with Crippen molar-refractivity contribution in [3.8, 4) is 0 Å². The number of carbonyl (C=O) groups is 11. The van der Waals surface area contributed by atoms with E-state index in [1.807, 2.05) is 61.5 Å². The molecule has 0 radical (unpaired) electrons. The van der Waals surface area contributed by atoms with Gasteiger partial charge < -0.3 is 70.3 Å². The second-order valence-electron chi connectivity index (χ2n) is 27.4. The average molecular weight is 1320 g/mol. The number of nitrogens with one attached hydrogen (secondary N) is 4. The molecule has 1 saturated heterocycles. The minimum absolute atomic E-state index is 0.00559. The van der Waals surface area contributed by atoms with Crippen LogP contribution in [0, 0.1) is 35.5 Å². The molecule has 532 valence electrons. The van der Waals surface area contributed by atoms with Crippen LogP contribution in [0.3, 0.4) is 0 Å². The minimum Gasteiger partial charge on any atom is -0.390 e. The van der Waals surface area contributed by atoms with Gasteiger partial charge in [0.15, 0.2) is 0 Å². The zero-order valence-corrected chi connectivity index (χ0v) is 61.2. The van der Waals surface area contributed by atoms with Gasteiger partial charge in [-0.1, -0.05) is 121 Å². The van der Waals surface area contributed by atoms with Crippen LogP contribution in [0.1, 0.15) is 157 Å². The Hall–Kier alpha value is -6.47. The van der Waals surface area contributed by atoms with E-state index in [9.17, 15) is 43.5 Å². The van der Waals surface area contributed by atoms with E-state index in [-0.39, 0.29) is 50.0 Å². The lowest BCUT2D eigenvalue weighted by Crippen LogP contribution is -2.63. The third-order valence-corrected chi connectivity index (χ3v) is 17.6. The maximum Gasteiger partial charge on any atom is 0.246 e. The first-order chi connectivity index (χ1) is 43.2. The van der Waals surface area contributed by atoms with Gasteiger partial charge in [0, 0.05) is 55.9 Å². The van der Waals surface area contributed by atoms with E-state index in [4.69, 9.17) is 4.74 Å². The molecule has 0 aromatic heterocycles. The lowest BCUT2D eigenvalue weighted by Gasteiger charge is -2.41. The number of nitrogens with zero attached hydrogens (tertiary/aromatic N) is 8. The Morgan fingerprint density at radius 1 is 0.505 bits per heavy atom. The largest absolute Gasteiger partial charge is 0.390 e. The molecule has 0 aliphatic carbocycles. The molecule has 0 bridgehead atoms. The first kappa shape index (κ1) is 84.5. The van der Waals surface area contributed by atoms with Crippen LogP contribution in [0.15, 0.2) is 24.3 Å². The van der Waals surface area contributed by atoms with Crippen molar-refractivity contribution in [2.24, 2.45) is 35.5 Å². The summed E-state index contributed by atoms with van der Waals surface area (Å²) in [4.78, 5) is 173. The van der Waals surface area contributed by atoms with Gasteiger partial charge in [0.25, 0.3) is 0 Å². The molecule has 1 aliphatic rings. The second kappa shape index (κ2) is 40.0. The molecule has 0 saturated carbocycles. The van der Waals surface area contributed by atoms with Crippen molar-refractivity contribution >= 4 is 65.0 Å². The van der Waals surface area contributed by atoms with Gasteiger partial charge >= 0.3 is 0 Å². The molecule has 1 rings (SSSR count). The number of hydrogen-bond donors (Lipinski definition) is 5. The number of carbonyl (C=O) groups excluding carboxylic acids is 11. The van der Waals surface area contributed by atoms with Gasteiger partial charge in [-0.3, -0.25) is 52.7 Å². The van der Waals surface area contributed by atoms with E-state index in [0.29, 0.717) is 13.0 Å². The summed E-state index contributed by atoms with van der Waals surface area (Å²) in [6.45, 7) is 33.5. The number of rotatable bonds is 21. The van der Waals surface area contributed by atoms with Crippen LogP contribution in [-0.4, -0.2) is 264 Å². The summed E-state index contributed by atoms with van der Waals surface area (Å²) in [5.41, 5.74) is 0. The predicted octanol–water partition coefficient (Wildman–Crippen LogP) is 3.53. The van der Waals surface area contributed by atoms with Gasteiger partial charge in [-0.05, 0) is 108 Å². The first-order valence-electron chi connectivity index (χ1n) is 33.5. The molecular formula is C68H122N12O13. The van der Waals surface area contributed by atoms with Gasteiger partial charge in [0.05, 0.1) is 25.4 Å². The SMILES string of the molecule is CC=CC[C@@H](C)[C@@H](O)[C@@H]1C(=O)N[C@@H](CC)C(=O)N(C)CC(=O)N(C)[C@@H]([C@@H](C)OCC=CCN(CC)CC)C(=O)N[C@@H](C(C)C)C(=O)N(C)[C@@H](CC(C)C)C(=O)N[C@@H](C)C(=O)N[C@H](C)C(=O)N(C)[C@@H](CC(C)C)C(=O)N(C)[C@@H](CC(C)C)C(=O)N(C)[C@@H](C(C)C)C(=O)N1C. The molecule has 0 aromatic rings. The highest BCUT2D eigenvalue weighted by atomic mass is 16.5. The summed E-state index contributed by atoms with van der Waals surface area (Å²) in [5, 5.41) is 23.2. The molecule has 1 aliphatic heterocycles. The maximum absolute atomic E-state index is 15.2. The van der Waals surface area contributed by atoms with Crippen LogP contribution in [0.25, 0.3) is 0 Å². The maximum atomic E-state index is 15.2. The highest BCUT2D eigenvalue weighted by molar-refractivity contribution is 5.99. The fourth-order valence-corrected chi connectivity index (χ4v) is 11.5. The van der Waals surface area contributed by atoms with Gasteiger partial charge in [0.1, 0.15) is 60.4 Å². The molecule has 25 nitrogen and oxygen atoms in total. The first-order valence-corrected chi connectivity index (χ1v) is 33.5. The molecule has 0 unspecified atom stereocenters. The summed E-state index contributed by atoms with van der Waals surface area (Å²) in [6, 6.07) is -12.9. The topological polar surface area (TPSA) is 291 Å². The lowest BCUT2D eigenvalue weighted by atomic mass is 9.91. The third-order valence-electron chi connectivity index (χ3n) is 17.6. The van der Waals surface area contributed by atoms with Crippen molar-refractivity contribution in [3.05, 3.63) is 24.3 Å². The fourth-order valence-electron chi connectivity index (χ4n) is 11.5. The quantitative estimate of drug-likeness (QED) is 0.103. The lowest BCUT2D eigenvalue weighted by molar-refractivity contribution is -0.157. The number of aliphatic hydroxyl groups is 1. The number of likely N-dealkylation sites (N-methyl/N-ethyl adjacent to an activating group) is 8. The number of hydrogen-bond acceptors (Lipinski definition) is 14. The zero-order chi connectivity index (χ0) is 71.8. The molecule has 0 spiro atoms. The van der Waals surface area contributed by atoms with Gasteiger partial charge in [-0.15, -0.1) is 0 Å². The Morgan fingerprint density at radius 2 is 0.978 bits per heavy atom. The number of aliphatic hydroxyl groups excluding tert-OH is 1. The molecule has 5 N–H and O–H groups in total. The highest BCUT2D eigenvalue weighted by Gasteiger charge is 2.46. The van der Waals surface area contributed by atoms with E-state index >= 15 is 14.4 Å². The number of ether oxygens (including phenoxy) is 1. The van der Waals surface area contributed by atoms with Crippen molar-refractivity contribution in [2.45, 2.75) is 229 Å².